The van der Waals surface area contributed by atoms with Crippen molar-refractivity contribution < 1.29 is 38.2 Å². The van der Waals surface area contributed by atoms with E-state index in [2.05, 4.69) is 62.0 Å². The summed E-state index contributed by atoms with van der Waals surface area (Å²) in [5.41, 5.74) is 27.9. The fourth-order valence-corrected chi connectivity index (χ4v) is 11.2. The third-order valence-electron chi connectivity index (χ3n) is 16.4. The van der Waals surface area contributed by atoms with Gasteiger partial charge in [0, 0.05) is 77.7 Å². The van der Waals surface area contributed by atoms with Gasteiger partial charge in [0.25, 0.3) is 23.0 Å². The average Bonchev–Trinajstić information content (AvgIpc) is 1.68. The monoisotopic (exact) mass is 1620 g/mol. The van der Waals surface area contributed by atoms with E-state index in [1.54, 1.807) is 41.6 Å². The van der Waals surface area contributed by atoms with Crippen LogP contribution in [0.1, 0.15) is 141 Å². The zero-order valence-corrected chi connectivity index (χ0v) is 69.3. The number of carbonyl (C=O) groups is 6. The van der Waals surface area contributed by atoms with Crippen molar-refractivity contribution >= 4 is 121 Å². The Morgan fingerprint density at radius 3 is 1.14 bits per heavy atom. The van der Waals surface area contributed by atoms with E-state index in [0.717, 1.165) is 123 Å². The van der Waals surface area contributed by atoms with Crippen LogP contribution in [0, 0.1) is 27.7 Å². The van der Waals surface area contributed by atoms with Crippen LogP contribution in [0.5, 0.6) is 0 Å². The number of rotatable bonds is 21. The Bertz CT molecular complexity index is 5110. The number of anilines is 5. The fraction of sp³-hybridized carbons (Fsp3) is 0.273. The molecular weight excluding hydrogens is 1520 g/mol. The first kappa shape index (κ1) is 91.8. The van der Waals surface area contributed by atoms with Gasteiger partial charge >= 0.3 is 12.2 Å². The van der Waals surface area contributed by atoms with Gasteiger partial charge in [0.1, 0.15) is 45.9 Å². The number of amides is 5. The minimum absolute atomic E-state index is 0. The Hall–Kier alpha value is -12.1. The van der Waals surface area contributed by atoms with Crippen LogP contribution in [-0.2, 0) is 48.2 Å². The molecule has 0 bridgehead atoms. The third-order valence-corrected chi connectivity index (χ3v) is 16.9. The molecule has 0 aliphatic heterocycles. The molecule has 0 unspecified atom stereocenters. The van der Waals surface area contributed by atoms with E-state index >= 15 is 0 Å². The first-order valence-corrected chi connectivity index (χ1v) is 38.1. The van der Waals surface area contributed by atoms with E-state index in [0.29, 0.717) is 53.5 Å². The quantitative estimate of drug-likeness (QED) is 0.0188. The molecule has 0 aliphatic rings. The van der Waals surface area contributed by atoms with Crippen molar-refractivity contribution in [1.29, 1.82) is 0 Å². The summed E-state index contributed by atoms with van der Waals surface area (Å²) >= 11 is 11.1. The van der Waals surface area contributed by atoms with Crippen LogP contribution in [0.2, 0.25) is 5.15 Å². The lowest BCUT2D eigenvalue weighted by molar-refractivity contribution is 0.0517. The van der Waals surface area contributed by atoms with E-state index in [-0.39, 0.29) is 36.2 Å². The van der Waals surface area contributed by atoms with Crippen molar-refractivity contribution in [3.8, 4) is 0 Å². The van der Waals surface area contributed by atoms with E-state index < -0.39 is 22.5 Å². The summed E-state index contributed by atoms with van der Waals surface area (Å²) in [5, 5.41) is 26.0. The van der Waals surface area contributed by atoms with Gasteiger partial charge in [-0.15, -0.1) is 12.4 Å². The number of aromatic nitrogens is 8. The summed E-state index contributed by atoms with van der Waals surface area (Å²) < 4.78 is 14.0. The summed E-state index contributed by atoms with van der Waals surface area (Å²) in [5.74, 6) is 0.470. The number of hydrogen-bond acceptors (Lipinski definition) is 17. The largest absolute Gasteiger partial charge is 0.444 e. The highest BCUT2D eigenvalue weighted by Crippen LogP contribution is 2.22. The Morgan fingerprint density at radius 2 is 0.783 bits per heavy atom. The number of hydrogen-bond donors (Lipinski definition) is 8. The van der Waals surface area contributed by atoms with E-state index in [4.69, 9.17) is 44.1 Å². The van der Waals surface area contributed by atoms with Gasteiger partial charge in [-0.25, -0.2) is 29.5 Å². The molecule has 0 saturated heterocycles. The number of carbonyl (C=O) groups excluding carboxylic acids is 6. The van der Waals surface area contributed by atoms with Crippen molar-refractivity contribution in [2.75, 3.05) is 53.2 Å². The van der Waals surface area contributed by atoms with E-state index in [1.165, 1.54) is 17.5 Å². The highest BCUT2D eigenvalue weighted by Gasteiger charge is 2.18. The predicted octanol–water partition coefficient (Wildman–Crippen LogP) is 17.8. The maximum Gasteiger partial charge on any atom is 0.407 e. The van der Waals surface area contributed by atoms with Gasteiger partial charge in [0.2, 0.25) is 0 Å². The Balaban J connectivity index is 0.000000222. The van der Waals surface area contributed by atoms with Crippen molar-refractivity contribution in [3.05, 3.63) is 291 Å². The van der Waals surface area contributed by atoms with Crippen molar-refractivity contribution in [2.24, 2.45) is 5.73 Å². The number of nitrogens with one attached hydrogen (secondary N) is 6. The Labute approximate surface area is 688 Å². The molecule has 12 aromatic rings. The smallest absolute Gasteiger partial charge is 0.407 e. The van der Waals surface area contributed by atoms with Crippen LogP contribution >= 0.6 is 35.6 Å². The predicted molar refractivity (Wildman–Crippen MR) is 464 cm³/mol. The normalized spacial score (nSPS) is 10.6. The summed E-state index contributed by atoms with van der Waals surface area (Å²) in [4.78, 5) is 86.7. The number of nitrogens with zero attached hydrogens (tertiary/aromatic N) is 8. The fourth-order valence-electron chi connectivity index (χ4n) is 10.8. The van der Waals surface area contributed by atoms with Crippen molar-refractivity contribution in [3.63, 3.8) is 0 Å². The molecule has 24 nitrogen and oxygen atoms in total. The first-order valence-electron chi connectivity index (χ1n) is 37.3. The second-order valence-electron chi connectivity index (χ2n) is 28.3. The summed E-state index contributed by atoms with van der Waals surface area (Å²) in [6.07, 6.45) is 8.77. The van der Waals surface area contributed by atoms with Gasteiger partial charge in [-0.1, -0.05) is 137 Å². The van der Waals surface area contributed by atoms with Gasteiger partial charge in [0.05, 0.1) is 12.4 Å². The summed E-state index contributed by atoms with van der Waals surface area (Å²) in [7, 11) is 0. The van der Waals surface area contributed by atoms with Crippen LogP contribution in [0.25, 0.3) is 22.1 Å². The Kier molecular flexibility index (Phi) is 36.9. The first-order chi connectivity index (χ1) is 54.4. The number of fused-ring (bicyclic) bond motifs is 2. The molecule has 4 heterocycles. The topological polar surface area (TPSA) is 332 Å². The van der Waals surface area contributed by atoms with Crippen LogP contribution < -0.4 is 43.4 Å². The summed E-state index contributed by atoms with van der Waals surface area (Å²) in [6, 6.07) is 60.6. The minimum Gasteiger partial charge on any atom is -0.444 e. The number of benzene rings is 8. The van der Waals surface area contributed by atoms with Gasteiger partial charge in [-0.05, 0) is 240 Å². The lowest BCUT2D eigenvalue weighted by Gasteiger charge is -2.19. The van der Waals surface area contributed by atoms with Gasteiger partial charge in [-0.2, -0.15) is 10.2 Å². The maximum absolute atomic E-state index is 12.4. The van der Waals surface area contributed by atoms with Crippen LogP contribution in [0.15, 0.2) is 219 Å². The third kappa shape index (κ3) is 32.5. The van der Waals surface area contributed by atoms with Crippen molar-refractivity contribution in [1.82, 2.24) is 50.1 Å². The van der Waals surface area contributed by atoms with Crippen LogP contribution in [0.4, 0.5) is 38.2 Å². The SMILES string of the molecule is CC(C)(C)OC(=O)NCCc1ccc(N)cc1.CCn1ncc2ncnc(Cl)c21.CCn1ncc2ncnc(NCCc3ccc(NC(=O)c4cccc(C)c4)cc3)c21.Cc1cccc(C(=O)Cl)c1.Cc1cccc(C(=O)Nc2ccc(CCN)cc2)c1.Cc1cccc(C(=O)Nc2ccc(CCNC(=O)OC(C)(C)C)cc2)c1.Cl. The standard InChI is InChI=1S/C23H24N6O.C21H26N2O3.C16H18N2O.C13H20N2O2.C8H7ClO.C7H7ClN4.ClH/c1-3-29-21-20(14-27-29)25-15-26-22(21)24-12-11-17-7-9-19(10-8-17)28-23(30)18-6-4-5-16(2)13-18;1-15-6-5-7-17(14-15)19(24)23-18-10-8-16(9-11-18)12-13-22-20(25)26-21(2,3)4;1-12-3-2-4-14(11-12)16(19)18-15-7-5-13(6-8-15)9-10-17;1-13(2,3)17-12(16)15-9-8-10-4-6-11(14)7-5-10;1-6-3-2-4-7(5-6)8(9)10;1-2-12-6-5(3-11-12)9-4-10-7(6)8;/h4-10,13-15H,3,11-12H2,1-2H3,(H,28,30)(H,24,25,26);5-11,14H,12-13H2,1-4H3,(H,22,25)(H,23,24);2-8,11H,9-10,17H2,1H3,(H,18,19);4-7H,8-9,14H2,1-3H3,(H,15,16);2-5H,1H3;3-4H,2H2,1H3;1H. The molecular formula is C88H103Cl3N16O8. The molecule has 0 radical (unpaired) electrons. The van der Waals surface area contributed by atoms with Gasteiger partial charge in [-0.3, -0.25) is 28.5 Å². The Morgan fingerprint density at radius 1 is 0.443 bits per heavy atom. The lowest BCUT2D eigenvalue weighted by Crippen LogP contribution is -2.33. The van der Waals surface area contributed by atoms with Gasteiger partial charge < -0.3 is 52.8 Å². The highest BCUT2D eigenvalue weighted by molar-refractivity contribution is 6.67. The van der Waals surface area contributed by atoms with Gasteiger partial charge in [0.15, 0.2) is 11.0 Å². The zero-order valence-electron chi connectivity index (χ0n) is 67.0. The average molecular weight is 1620 g/mol. The maximum atomic E-state index is 12.4. The molecule has 0 atom stereocenters. The van der Waals surface area contributed by atoms with E-state index in [9.17, 15) is 28.8 Å². The van der Waals surface area contributed by atoms with Crippen molar-refractivity contribution in [2.45, 2.75) is 133 Å². The minimum atomic E-state index is -0.499. The second kappa shape index (κ2) is 46.2. The summed E-state index contributed by atoms with van der Waals surface area (Å²) in [6.45, 7) is 26.8. The molecule has 115 heavy (non-hydrogen) atoms. The molecule has 8 aromatic carbocycles. The van der Waals surface area contributed by atoms with Crippen LogP contribution in [0.3, 0.4) is 0 Å². The molecule has 0 saturated carbocycles. The number of aryl methyl sites for hydroxylation is 6. The molecule has 27 heteroatoms. The van der Waals surface area contributed by atoms with Crippen LogP contribution in [-0.4, -0.2) is 112 Å². The molecule has 10 N–H and O–H groups in total. The molecule has 0 fully saturated rings. The molecule has 5 amide bonds. The number of ether oxygens (including phenoxy) is 2. The highest BCUT2D eigenvalue weighted by atomic mass is 35.5. The second-order valence-corrected chi connectivity index (χ2v) is 29.0. The van der Waals surface area contributed by atoms with E-state index in [1.807, 2.05) is 264 Å². The number of nitrogen functional groups attached to an aromatic ring is 1. The zero-order chi connectivity index (χ0) is 82.7. The molecule has 604 valence electrons. The number of halogens is 3. The lowest BCUT2D eigenvalue weighted by atomic mass is 10.1. The molecule has 12 rings (SSSR count). The molecule has 4 aromatic heterocycles. The number of alkyl carbamates (subject to hydrolysis) is 2. The molecule has 0 spiro atoms. The molecule has 0 aliphatic carbocycles. The number of nitrogens with two attached hydrogens (primary N) is 2.